The zero-order chi connectivity index (χ0) is 15.1. The molecule has 1 aliphatic rings. The van der Waals surface area contributed by atoms with Crippen molar-refractivity contribution in [2.24, 2.45) is 11.7 Å². The van der Waals surface area contributed by atoms with Gasteiger partial charge in [0.15, 0.2) is 0 Å². The molecule has 2 heterocycles. The monoisotopic (exact) mass is 398 g/mol. The lowest BCUT2D eigenvalue weighted by Crippen LogP contribution is -2.52. The van der Waals surface area contributed by atoms with Gasteiger partial charge in [-0.15, -0.1) is 0 Å². The lowest BCUT2D eigenvalue weighted by molar-refractivity contribution is 0.100. The molecule has 2 atom stereocenters. The standard InChI is InChI=1S/C15H19IN4O/c1-8(2)6-20-7-10(13(20)16)15-18-11-5-3-4-9(14(17)21)12(11)19-15/h3-5,8,10,13H,6-7H2,1-2H3,(H2,17,21)(H,18,19). The fraction of sp³-hybridized carbons (Fsp3) is 0.467. The minimum absolute atomic E-state index is 0.387. The predicted octanol–water partition coefficient (Wildman–Crippen LogP) is 2.48. The van der Waals surface area contributed by atoms with E-state index in [2.05, 4.69) is 51.3 Å². The summed E-state index contributed by atoms with van der Waals surface area (Å²) >= 11 is 2.48. The Kier molecular flexibility index (Phi) is 3.92. The molecule has 1 aromatic carbocycles. The third-order valence-corrected chi connectivity index (χ3v) is 5.52. The fourth-order valence-electron chi connectivity index (χ4n) is 2.84. The molecule has 1 aliphatic heterocycles. The maximum absolute atomic E-state index is 11.5. The second-order valence-electron chi connectivity index (χ2n) is 6.01. The molecule has 112 valence electrons. The minimum Gasteiger partial charge on any atom is -0.366 e. The first-order valence-electron chi connectivity index (χ1n) is 7.14. The Hall–Kier alpha value is -1.15. The van der Waals surface area contributed by atoms with Gasteiger partial charge in [0.2, 0.25) is 0 Å². The summed E-state index contributed by atoms with van der Waals surface area (Å²) < 4.78 is 0.447. The van der Waals surface area contributed by atoms with Crippen molar-refractivity contribution in [1.82, 2.24) is 14.9 Å². The molecule has 1 aromatic heterocycles. The van der Waals surface area contributed by atoms with Gasteiger partial charge in [-0.25, -0.2) is 4.98 Å². The van der Waals surface area contributed by atoms with Crippen LogP contribution in [0, 0.1) is 5.92 Å². The molecule has 2 unspecified atom stereocenters. The van der Waals surface area contributed by atoms with E-state index in [1.807, 2.05) is 12.1 Å². The van der Waals surface area contributed by atoms with E-state index in [1.165, 1.54) is 0 Å². The molecule has 0 saturated carbocycles. The molecule has 1 saturated heterocycles. The Bertz CT molecular complexity index is 681. The number of halogens is 1. The number of nitrogens with zero attached hydrogens (tertiary/aromatic N) is 2. The molecule has 0 bridgehead atoms. The Morgan fingerprint density at radius 1 is 1.57 bits per heavy atom. The summed E-state index contributed by atoms with van der Waals surface area (Å²) in [6.45, 7) is 6.59. The van der Waals surface area contributed by atoms with Gasteiger partial charge in [-0.3, -0.25) is 9.69 Å². The minimum atomic E-state index is -0.431. The molecule has 2 aromatic rings. The molecule has 3 rings (SSSR count). The number of aromatic nitrogens is 2. The van der Waals surface area contributed by atoms with E-state index in [1.54, 1.807) is 6.07 Å². The van der Waals surface area contributed by atoms with Gasteiger partial charge in [0.1, 0.15) is 11.3 Å². The first-order valence-corrected chi connectivity index (χ1v) is 8.38. The first kappa shape index (κ1) is 14.8. The van der Waals surface area contributed by atoms with Crippen LogP contribution in [0.4, 0.5) is 0 Å². The van der Waals surface area contributed by atoms with E-state index in [9.17, 15) is 4.79 Å². The van der Waals surface area contributed by atoms with Gasteiger partial charge >= 0.3 is 0 Å². The summed E-state index contributed by atoms with van der Waals surface area (Å²) in [6.07, 6.45) is 0. The van der Waals surface area contributed by atoms with Crippen molar-refractivity contribution in [2.45, 2.75) is 23.8 Å². The van der Waals surface area contributed by atoms with E-state index in [4.69, 9.17) is 5.73 Å². The van der Waals surface area contributed by atoms with Crippen molar-refractivity contribution in [3.63, 3.8) is 0 Å². The van der Waals surface area contributed by atoms with Gasteiger partial charge in [-0.2, -0.15) is 0 Å². The lowest BCUT2D eigenvalue weighted by atomic mass is 9.98. The van der Waals surface area contributed by atoms with E-state index in [-0.39, 0.29) is 0 Å². The van der Waals surface area contributed by atoms with E-state index < -0.39 is 5.91 Å². The quantitative estimate of drug-likeness (QED) is 0.472. The van der Waals surface area contributed by atoms with Crippen LogP contribution in [0.5, 0.6) is 0 Å². The topological polar surface area (TPSA) is 75.0 Å². The SMILES string of the molecule is CC(C)CN1CC(c2nc3c(C(N)=O)cccc3[nH]2)C1I. The summed E-state index contributed by atoms with van der Waals surface area (Å²) in [6, 6.07) is 5.49. The van der Waals surface area contributed by atoms with Gasteiger partial charge in [0.25, 0.3) is 5.91 Å². The third kappa shape index (κ3) is 2.66. The first-order chi connectivity index (χ1) is 9.97. The van der Waals surface area contributed by atoms with E-state index in [0.717, 1.165) is 24.4 Å². The average molecular weight is 398 g/mol. The number of carbonyl (C=O) groups excluding carboxylic acids is 1. The maximum Gasteiger partial charge on any atom is 0.250 e. The summed E-state index contributed by atoms with van der Waals surface area (Å²) in [5.74, 6) is 1.58. The molecular weight excluding hydrogens is 379 g/mol. The summed E-state index contributed by atoms with van der Waals surface area (Å²) in [5, 5.41) is 0. The molecular formula is C15H19IN4O. The van der Waals surface area contributed by atoms with Crippen molar-refractivity contribution < 1.29 is 4.79 Å². The van der Waals surface area contributed by atoms with Crippen LogP contribution in [0.25, 0.3) is 11.0 Å². The highest BCUT2D eigenvalue weighted by atomic mass is 127. The highest BCUT2D eigenvalue weighted by Crippen LogP contribution is 2.38. The number of hydrogen-bond donors (Lipinski definition) is 2. The van der Waals surface area contributed by atoms with Crippen molar-refractivity contribution in [3.05, 3.63) is 29.6 Å². The highest BCUT2D eigenvalue weighted by Gasteiger charge is 2.39. The van der Waals surface area contributed by atoms with Gasteiger partial charge in [-0.1, -0.05) is 42.5 Å². The van der Waals surface area contributed by atoms with Crippen LogP contribution < -0.4 is 5.73 Å². The average Bonchev–Trinajstić information content (AvgIpc) is 2.84. The molecule has 0 radical (unpaired) electrons. The Labute approximate surface area is 137 Å². The molecule has 6 heteroatoms. The number of imidazole rings is 1. The van der Waals surface area contributed by atoms with Gasteiger partial charge in [-0.05, 0) is 18.1 Å². The number of benzene rings is 1. The van der Waals surface area contributed by atoms with Gasteiger partial charge < -0.3 is 10.7 Å². The lowest BCUT2D eigenvalue weighted by Gasteiger charge is -2.44. The number of amides is 1. The number of rotatable bonds is 4. The normalized spacial score (nSPS) is 22.7. The number of primary amides is 1. The number of aromatic amines is 1. The molecule has 5 nitrogen and oxygen atoms in total. The number of para-hydroxylation sites is 1. The number of fused-ring (bicyclic) bond motifs is 1. The van der Waals surface area contributed by atoms with Crippen molar-refractivity contribution in [2.75, 3.05) is 13.1 Å². The van der Waals surface area contributed by atoms with Crippen LogP contribution in [0.3, 0.4) is 0 Å². The molecule has 0 aliphatic carbocycles. The zero-order valence-corrected chi connectivity index (χ0v) is 14.3. The molecule has 21 heavy (non-hydrogen) atoms. The second kappa shape index (κ2) is 5.57. The molecule has 1 fully saturated rings. The van der Waals surface area contributed by atoms with E-state index >= 15 is 0 Å². The molecule has 1 amide bonds. The number of likely N-dealkylation sites (tertiary alicyclic amines) is 1. The van der Waals surface area contributed by atoms with Crippen molar-refractivity contribution >= 4 is 39.5 Å². The number of carbonyl (C=O) groups is 1. The van der Waals surface area contributed by atoms with Gasteiger partial charge in [0.05, 0.1) is 21.0 Å². The van der Waals surface area contributed by atoms with Crippen LogP contribution >= 0.6 is 22.6 Å². The largest absolute Gasteiger partial charge is 0.366 e. The van der Waals surface area contributed by atoms with Crippen LogP contribution in [-0.2, 0) is 0 Å². The molecule has 3 N–H and O–H groups in total. The smallest absolute Gasteiger partial charge is 0.250 e. The summed E-state index contributed by atoms with van der Waals surface area (Å²) in [5.41, 5.74) is 7.47. The van der Waals surface area contributed by atoms with Crippen molar-refractivity contribution in [1.29, 1.82) is 0 Å². The second-order valence-corrected chi connectivity index (χ2v) is 7.29. The Morgan fingerprint density at radius 2 is 2.33 bits per heavy atom. The number of alkyl halides is 1. The maximum atomic E-state index is 11.5. The fourth-order valence-corrected chi connectivity index (χ4v) is 3.87. The number of H-pyrrole nitrogens is 1. The van der Waals surface area contributed by atoms with Crippen LogP contribution in [-0.4, -0.2) is 37.9 Å². The van der Waals surface area contributed by atoms with Gasteiger partial charge in [0, 0.05) is 13.1 Å². The Morgan fingerprint density at radius 3 is 2.95 bits per heavy atom. The predicted molar refractivity (Wildman–Crippen MR) is 91.6 cm³/mol. The van der Waals surface area contributed by atoms with Crippen LogP contribution in [0.1, 0.15) is 35.9 Å². The molecule has 0 spiro atoms. The highest BCUT2D eigenvalue weighted by molar-refractivity contribution is 14.1. The number of hydrogen-bond acceptors (Lipinski definition) is 3. The van der Waals surface area contributed by atoms with E-state index in [0.29, 0.717) is 27.0 Å². The zero-order valence-electron chi connectivity index (χ0n) is 12.1. The summed E-state index contributed by atoms with van der Waals surface area (Å²) in [7, 11) is 0. The Balaban J connectivity index is 1.86. The number of nitrogens with two attached hydrogens (primary N) is 1. The van der Waals surface area contributed by atoms with Crippen LogP contribution in [0.2, 0.25) is 0 Å². The summed E-state index contributed by atoms with van der Waals surface area (Å²) in [4.78, 5) is 21.9. The number of nitrogens with one attached hydrogen (secondary N) is 1. The van der Waals surface area contributed by atoms with Crippen molar-refractivity contribution in [3.8, 4) is 0 Å². The third-order valence-electron chi connectivity index (χ3n) is 3.86. The van der Waals surface area contributed by atoms with Crippen LogP contribution in [0.15, 0.2) is 18.2 Å².